The van der Waals surface area contributed by atoms with Crippen molar-refractivity contribution in [2.45, 2.75) is 51.4 Å². The number of ether oxygens (including phenoxy) is 1. The number of anilines is 1. The highest BCUT2D eigenvalue weighted by Crippen LogP contribution is 2.35. The molecule has 2 bridgehead atoms. The van der Waals surface area contributed by atoms with Crippen LogP contribution in [-0.4, -0.2) is 72.7 Å². The van der Waals surface area contributed by atoms with Gasteiger partial charge < -0.3 is 19.4 Å². The van der Waals surface area contributed by atoms with E-state index in [0.717, 1.165) is 88.8 Å². The van der Waals surface area contributed by atoms with Gasteiger partial charge in [0.15, 0.2) is 0 Å². The zero-order chi connectivity index (χ0) is 24.6. The Labute approximate surface area is 215 Å². The van der Waals surface area contributed by atoms with E-state index in [1.807, 2.05) is 6.07 Å². The Bertz CT molecular complexity index is 1090. The number of hydrogen-bond donors (Lipinski definition) is 0. The summed E-state index contributed by atoms with van der Waals surface area (Å²) in [5.41, 5.74) is 4.73. The molecule has 0 saturated carbocycles. The minimum atomic E-state index is -0.108. The smallest absolute Gasteiger partial charge is 0.130 e. The zero-order valence-electron chi connectivity index (χ0n) is 21.5. The molecule has 192 valence electrons. The first-order chi connectivity index (χ1) is 17.5. The molecule has 0 aromatic heterocycles. The highest BCUT2D eigenvalue weighted by Gasteiger charge is 2.37. The SMILES string of the molecule is C=C1N(Cc2ccc(N3C4CCC3COC4)cc2F)CCN1C[C@H](C)CN1CCc2ccccc2C1. The molecule has 3 fully saturated rings. The summed E-state index contributed by atoms with van der Waals surface area (Å²) in [6.45, 7) is 15.0. The van der Waals surface area contributed by atoms with Crippen molar-refractivity contribution in [1.82, 2.24) is 14.7 Å². The van der Waals surface area contributed by atoms with Gasteiger partial charge in [-0.1, -0.05) is 43.8 Å². The Kier molecular flexibility index (Phi) is 6.65. The number of rotatable bonds is 7. The Morgan fingerprint density at radius 2 is 1.72 bits per heavy atom. The van der Waals surface area contributed by atoms with Crippen LogP contribution in [0, 0.1) is 11.7 Å². The van der Waals surface area contributed by atoms with E-state index in [9.17, 15) is 0 Å². The maximum Gasteiger partial charge on any atom is 0.130 e. The summed E-state index contributed by atoms with van der Waals surface area (Å²) < 4.78 is 20.9. The molecular formula is C30H39FN4O. The van der Waals surface area contributed by atoms with Gasteiger partial charge in [-0.15, -0.1) is 0 Å². The average Bonchev–Trinajstić information content (AvgIpc) is 3.34. The molecule has 0 amide bonds. The van der Waals surface area contributed by atoms with Crippen molar-refractivity contribution in [3.05, 3.63) is 77.4 Å². The Morgan fingerprint density at radius 3 is 2.50 bits per heavy atom. The molecule has 0 N–H and O–H groups in total. The Morgan fingerprint density at radius 1 is 0.972 bits per heavy atom. The number of benzene rings is 2. The van der Waals surface area contributed by atoms with Gasteiger partial charge in [-0.05, 0) is 48.4 Å². The third kappa shape index (κ3) is 4.73. The van der Waals surface area contributed by atoms with Gasteiger partial charge in [-0.25, -0.2) is 4.39 Å². The quantitative estimate of drug-likeness (QED) is 0.569. The summed E-state index contributed by atoms with van der Waals surface area (Å²) >= 11 is 0. The van der Waals surface area contributed by atoms with E-state index < -0.39 is 0 Å². The van der Waals surface area contributed by atoms with Gasteiger partial charge in [-0.2, -0.15) is 0 Å². The van der Waals surface area contributed by atoms with E-state index >= 15 is 4.39 Å². The van der Waals surface area contributed by atoms with E-state index in [-0.39, 0.29) is 5.82 Å². The average molecular weight is 491 g/mol. The molecular weight excluding hydrogens is 451 g/mol. The number of halogens is 1. The van der Waals surface area contributed by atoms with E-state index in [0.29, 0.717) is 24.5 Å². The van der Waals surface area contributed by atoms with Crippen LogP contribution in [0.1, 0.15) is 36.5 Å². The molecule has 2 aromatic rings. The summed E-state index contributed by atoms with van der Waals surface area (Å²) in [4.78, 5) is 9.59. The fourth-order valence-corrected chi connectivity index (χ4v) is 6.73. The lowest BCUT2D eigenvalue weighted by atomic mass is 9.99. The van der Waals surface area contributed by atoms with Crippen LogP contribution in [0.15, 0.2) is 54.9 Å². The van der Waals surface area contributed by atoms with Crippen LogP contribution in [0.5, 0.6) is 0 Å². The largest absolute Gasteiger partial charge is 0.377 e. The van der Waals surface area contributed by atoms with Crippen molar-refractivity contribution in [3.63, 3.8) is 0 Å². The normalized spacial score (nSPS) is 24.9. The lowest BCUT2D eigenvalue weighted by Crippen LogP contribution is -2.46. The van der Waals surface area contributed by atoms with Gasteiger partial charge in [0, 0.05) is 57.1 Å². The minimum Gasteiger partial charge on any atom is -0.377 e. The summed E-state index contributed by atoms with van der Waals surface area (Å²) in [6, 6.07) is 15.4. The molecule has 0 radical (unpaired) electrons. The van der Waals surface area contributed by atoms with Crippen molar-refractivity contribution in [3.8, 4) is 0 Å². The van der Waals surface area contributed by atoms with Crippen LogP contribution in [-0.2, 0) is 24.2 Å². The van der Waals surface area contributed by atoms with E-state index in [1.165, 1.54) is 11.1 Å². The maximum absolute atomic E-state index is 15.2. The van der Waals surface area contributed by atoms with Crippen LogP contribution in [0.3, 0.4) is 0 Å². The molecule has 3 saturated heterocycles. The van der Waals surface area contributed by atoms with E-state index in [1.54, 1.807) is 6.07 Å². The second-order valence-corrected chi connectivity index (χ2v) is 11.2. The van der Waals surface area contributed by atoms with Crippen LogP contribution < -0.4 is 4.90 Å². The lowest BCUT2D eigenvalue weighted by molar-refractivity contribution is 0.0906. The number of hydrogen-bond acceptors (Lipinski definition) is 5. The Balaban J connectivity index is 1.03. The van der Waals surface area contributed by atoms with Crippen LogP contribution in [0.25, 0.3) is 0 Å². The maximum atomic E-state index is 15.2. The molecule has 2 unspecified atom stereocenters. The zero-order valence-corrected chi connectivity index (χ0v) is 21.5. The van der Waals surface area contributed by atoms with Crippen molar-refractivity contribution >= 4 is 5.69 Å². The molecule has 3 atom stereocenters. The highest BCUT2D eigenvalue weighted by molar-refractivity contribution is 5.52. The van der Waals surface area contributed by atoms with Crippen molar-refractivity contribution in [2.75, 3.05) is 50.8 Å². The number of fused-ring (bicyclic) bond motifs is 3. The van der Waals surface area contributed by atoms with Gasteiger partial charge >= 0.3 is 0 Å². The summed E-state index contributed by atoms with van der Waals surface area (Å²) in [7, 11) is 0. The summed E-state index contributed by atoms with van der Waals surface area (Å²) in [5.74, 6) is 1.47. The standard InChI is InChI=1S/C30H39FN4O/c1-22(16-32-12-11-24-5-3-4-6-25(24)18-32)17-33-13-14-34(23(33)2)19-26-7-8-27(15-30(26)31)35-28-9-10-29(35)21-36-20-28/h3-8,15,22,28-29H,2,9-14,16-21H2,1H3/t22-,28?,29?/m1/s1. The first kappa shape index (κ1) is 23.8. The fourth-order valence-electron chi connectivity index (χ4n) is 6.73. The molecule has 4 aliphatic heterocycles. The van der Waals surface area contributed by atoms with Crippen molar-refractivity contribution in [1.29, 1.82) is 0 Å². The minimum absolute atomic E-state index is 0.108. The summed E-state index contributed by atoms with van der Waals surface area (Å²) in [5, 5.41) is 0. The monoisotopic (exact) mass is 490 g/mol. The van der Waals surface area contributed by atoms with Gasteiger partial charge in [0.1, 0.15) is 5.82 Å². The molecule has 4 heterocycles. The third-order valence-corrected chi connectivity index (χ3v) is 8.62. The molecule has 0 spiro atoms. The molecule has 6 rings (SSSR count). The third-order valence-electron chi connectivity index (χ3n) is 8.62. The summed E-state index contributed by atoms with van der Waals surface area (Å²) in [6.07, 6.45) is 3.42. The lowest BCUT2D eigenvalue weighted by Gasteiger charge is -2.36. The van der Waals surface area contributed by atoms with Gasteiger partial charge in [0.2, 0.25) is 0 Å². The number of morpholine rings is 1. The van der Waals surface area contributed by atoms with Gasteiger partial charge in [-0.3, -0.25) is 4.90 Å². The predicted molar refractivity (Wildman–Crippen MR) is 142 cm³/mol. The van der Waals surface area contributed by atoms with E-state index in [2.05, 4.69) is 63.4 Å². The molecule has 6 heteroatoms. The Hall–Kier alpha value is -2.57. The van der Waals surface area contributed by atoms with Gasteiger partial charge in [0.05, 0.1) is 31.1 Å². The molecule has 5 nitrogen and oxygen atoms in total. The van der Waals surface area contributed by atoms with Gasteiger partial charge in [0.25, 0.3) is 0 Å². The first-order valence-corrected chi connectivity index (χ1v) is 13.7. The molecule has 4 aliphatic rings. The molecule has 2 aromatic carbocycles. The predicted octanol–water partition coefficient (Wildman–Crippen LogP) is 4.48. The second-order valence-electron chi connectivity index (χ2n) is 11.2. The van der Waals surface area contributed by atoms with Crippen LogP contribution >= 0.6 is 0 Å². The second kappa shape index (κ2) is 10.1. The van der Waals surface area contributed by atoms with Crippen LogP contribution in [0.4, 0.5) is 10.1 Å². The fraction of sp³-hybridized carbons (Fsp3) is 0.533. The highest BCUT2D eigenvalue weighted by atomic mass is 19.1. The van der Waals surface area contributed by atoms with Crippen LogP contribution in [0.2, 0.25) is 0 Å². The number of nitrogens with zero attached hydrogens (tertiary/aromatic N) is 4. The molecule has 0 aliphatic carbocycles. The van der Waals surface area contributed by atoms with Crippen molar-refractivity contribution < 1.29 is 9.13 Å². The van der Waals surface area contributed by atoms with Crippen molar-refractivity contribution in [2.24, 2.45) is 5.92 Å². The molecule has 36 heavy (non-hydrogen) atoms. The topological polar surface area (TPSA) is 22.2 Å². The van der Waals surface area contributed by atoms with E-state index in [4.69, 9.17) is 4.74 Å². The first-order valence-electron chi connectivity index (χ1n) is 13.7.